The van der Waals surface area contributed by atoms with Crippen LogP contribution in [-0.2, 0) is 12.8 Å². The molecule has 3 rings (SSSR count). The van der Waals surface area contributed by atoms with E-state index in [2.05, 4.69) is 67.3 Å². The number of aryl methyl sites for hydroxylation is 2. The molecule has 0 radical (unpaired) electrons. The number of anilines is 2. The van der Waals surface area contributed by atoms with E-state index in [1.54, 1.807) is 0 Å². The second-order valence-electron chi connectivity index (χ2n) is 10.1. The van der Waals surface area contributed by atoms with E-state index in [0.717, 1.165) is 4.32 Å². The third kappa shape index (κ3) is 11.1. The molecule has 5 heteroatoms. The second kappa shape index (κ2) is 17.9. The maximum atomic E-state index is 4.98. The predicted molar refractivity (Wildman–Crippen MR) is 175 cm³/mol. The molecule has 1 nitrogen and oxygen atoms in total. The van der Waals surface area contributed by atoms with E-state index in [9.17, 15) is 0 Å². The van der Waals surface area contributed by atoms with Crippen LogP contribution < -0.4 is 4.90 Å². The van der Waals surface area contributed by atoms with Crippen LogP contribution in [0.15, 0.2) is 48.5 Å². The van der Waals surface area contributed by atoms with Gasteiger partial charge in [-0.2, -0.15) is 0 Å². The monoisotopic (exact) mass is 561 g/mol. The van der Waals surface area contributed by atoms with Gasteiger partial charge in [-0.25, -0.2) is 0 Å². The Hall–Kier alpha value is -0.490. The van der Waals surface area contributed by atoms with E-state index in [4.69, 9.17) is 12.6 Å². The van der Waals surface area contributed by atoms with Crippen molar-refractivity contribution in [2.75, 3.05) is 4.90 Å². The minimum absolute atomic E-state index is 0.168. The number of nitrogens with zero attached hydrogens (tertiary/aromatic N) is 1. The summed E-state index contributed by atoms with van der Waals surface area (Å²) in [5, 5.41) is 0. The van der Waals surface area contributed by atoms with Gasteiger partial charge in [0.15, 0.2) is 0 Å². The number of hydrogen-bond acceptors (Lipinski definition) is 2. The van der Waals surface area contributed by atoms with Crippen LogP contribution in [0.5, 0.6) is 0 Å². The van der Waals surface area contributed by atoms with E-state index in [1.165, 1.54) is 125 Å². The molecule has 2 aromatic rings. The van der Waals surface area contributed by atoms with Crippen LogP contribution in [0.25, 0.3) is 0 Å². The molecule has 0 spiro atoms. The molecule has 0 aliphatic carbocycles. The summed E-state index contributed by atoms with van der Waals surface area (Å²) in [5.41, 5.74) is 5.36. The average Bonchev–Trinajstić information content (AvgIpc) is 3.75. The van der Waals surface area contributed by atoms with Gasteiger partial charge in [-0.15, -0.1) is 12.6 Å². The Morgan fingerprint density at radius 2 is 0.944 bits per heavy atom. The van der Waals surface area contributed by atoms with Crippen molar-refractivity contribution in [3.8, 4) is 0 Å². The highest BCUT2D eigenvalue weighted by Gasteiger charge is 2.24. The summed E-state index contributed by atoms with van der Waals surface area (Å²) in [7, 11) is 4.03. The van der Waals surface area contributed by atoms with Crippen LogP contribution in [-0.4, -0.2) is 4.32 Å². The molecular formula is C31H47NS4. The molecule has 1 aliphatic heterocycles. The molecular weight excluding hydrogens is 515 g/mol. The van der Waals surface area contributed by atoms with Crippen LogP contribution in [0.2, 0.25) is 0 Å². The summed E-state index contributed by atoms with van der Waals surface area (Å²) in [6.07, 6.45) is 21.5. The number of rotatable bonds is 18. The lowest BCUT2D eigenvalue weighted by Gasteiger charge is -2.25. The van der Waals surface area contributed by atoms with Crippen molar-refractivity contribution >= 4 is 56.5 Å². The SMILES string of the molecule is CCCCCCCCCc1ccc(N(C(S)=S2SS2)c2ccc(CCCCCCCCC)cc2)cc1. The highest BCUT2D eigenvalue weighted by Crippen LogP contribution is 2.74. The lowest BCUT2D eigenvalue weighted by molar-refractivity contribution is 0.589. The molecule has 0 amide bonds. The van der Waals surface area contributed by atoms with Crippen molar-refractivity contribution in [3.05, 3.63) is 59.7 Å². The highest BCUT2D eigenvalue weighted by atomic mass is 34.1. The van der Waals surface area contributed by atoms with Gasteiger partial charge in [0.05, 0.1) is 0 Å². The zero-order valence-corrected chi connectivity index (χ0v) is 25.9. The molecule has 0 saturated carbocycles. The quantitative estimate of drug-likeness (QED) is 0.0634. The van der Waals surface area contributed by atoms with Crippen molar-refractivity contribution < 1.29 is 0 Å². The molecule has 2 aromatic carbocycles. The average molecular weight is 562 g/mol. The van der Waals surface area contributed by atoms with Crippen LogP contribution in [0.1, 0.15) is 115 Å². The molecule has 0 N–H and O–H groups in total. The summed E-state index contributed by atoms with van der Waals surface area (Å²) < 4.78 is 1.16. The normalized spacial score (nSPS) is 13.2. The van der Waals surface area contributed by atoms with Crippen molar-refractivity contribution in [2.45, 2.75) is 117 Å². The van der Waals surface area contributed by atoms with Gasteiger partial charge < -0.3 is 0 Å². The molecule has 1 heterocycles. The molecule has 1 saturated heterocycles. The van der Waals surface area contributed by atoms with Gasteiger partial charge in [0.25, 0.3) is 0 Å². The standard InChI is InChI=1S/C31H47NS4/c1-3-5-7-9-11-13-15-17-27-19-23-29(24-20-27)32(31(33)36-34-35-36)30-25-21-28(22-26-30)18-16-14-12-10-8-6-4-2/h19-26,33H,3-18H2,1-2H3. The summed E-state index contributed by atoms with van der Waals surface area (Å²) in [4.78, 5) is 2.36. The van der Waals surface area contributed by atoms with Gasteiger partial charge in [-0.1, -0.05) is 115 Å². The van der Waals surface area contributed by atoms with Gasteiger partial charge in [-0.05, 0) is 89.3 Å². The van der Waals surface area contributed by atoms with Crippen molar-refractivity contribution in [1.29, 1.82) is 0 Å². The largest absolute Gasteiger partial charge is 0.299 e. The highest BCUT2D eigenvalue weighted by molar-refractivity contribution is 9.63. The molecule has 0 aromatic heterocycles. The zero-order valence-electron chi connectivity index (χ0n) is 22.6. The first-order valence-corrected chi connectivity index (χ1v) is 19.2. The van der Waals surface area contributed by atoms with E-state index >= 15 is 0 Å². The number of benzene rings is 2. The molecule has 0 atom stereocenters. The summed E-state index contributed by atoms with van der Waals surface area (Å²) in [6.45, 7) is 4.57. The Kier molecular flexibility index (Phi) is 15.0. The summed E-state index contributed by atoms with van der Waals surface area (Å²) >= 11 is 4.98. The molecule has 0 unspecified atom stereocenters. The lowest BCUT2D eigenvalue weighted by Crippen LogP contribution is -2.20. The van der Waals surface area contributed by atoms with E-state index in [1.807, 2.05) is 19.7 Å². The third-order valence-electron chi connectivity index (χ3n) is 7.00. The molecule has 36 heavy (non-hydrogen) atoms. The van der Waals surface area contributed by atoms with Gasteiger partial charge in [0.2, 0.25) is 0 Å². The first-order chi connectivity index (χ1) is 17.7. The van der Waals surface area contributed by atoms with Gasteiger partial charge in [0.1, 0.15) is 4.32 Å². The number of hydrogen-bond donors (Lipinski definition) is 1. The van der Waals surface area contributed by atoms with Gasteiger partial charge >= 0.3 is 0 Å². The summed E-state index contributed by atoms with van der Waals surface area (Å²) in [5.74, 6) is 0. The molecule has 1 fully saturated rings. The Morgan fingerprint density at radius 3 is 1.31 bits per heavy atom. The second-order valence-corrected chi connectivity index (χ2v) is 17.8. The minimum atomic E-state index is 0.168. The minimum Gasteiger partial charge on any atom is -0.299 e. The topological polar surface area (TPSA) is 3.24 Å². The Balaban J connectivity index is 1.52. The Bertz CT molecular complexity index is 824. The first kappa shape index (κ1) is 30.1. The van der Waals surface area contributed by atoms with Gasteiger partial charge in [0, 0.05) is 11.4 Å². The molecule has 200 valence electrons. The number of thiol groups is 1. The predicted octanol–water partition coefficient (Wildman–Crippen LogP) is 11.9. The fourth-order valence-electron chi connectivity index (χ4n) is 4.72. The first-order valence-electron chi connectivity index (χ1n) is 14.4. The Labute approximate surface area is 236 Å². The third-order valence-corrected chi connectivity index (χ3v) is 13.5. The van der Waals surface area contributed by atoms with Gasteiger partial charge in [-0.3, -0.25) is 4.90 Å². The van der Waals surface area contributed by atoms with Crippen molar-refractivity contribution in [3.63, 3.8) is 0 Å². The van der Waals surface area contributed by atoms with Crippen LogP contribution >= 0.6 is 40.8 Å². The smallest absolute Gasteiger partial charge is 0.123 e. The fourth-order valence-corrected chi connectivity index (χ4v) is 10.1. The maximum Gasteiger partial charge on any atom is 0.123 e. The van der Waals surface area contributed by atoms with Crippen molar-refractivity contribution in [1.82, 2.24) is 0 Å². The molecule has 0 bridgehead atoms. The van der Waals surface area contributed by atoms with Crippen LogP contribution in [0.4, 0.5) is 11.4 Å². The zero-order chi connectivity index (χ0) is 25.4. The van der Waals surface area contributed by atoms with E-state index < -0.39 is 0 Å². The van der Waals surface area contributed by atoms with E-state index in [0.29, 0.717) is 0 Å². The van der Waals surface area contributed by atoms with Crippen LogP contribution in [0.3, 0.4) is 0 Å². The number of unbranched alkanes of at least 4 members (excludes halogenated alkanes) is 12. The van der Waals surface area contributed by atoms with Crippen LogP contribution in [0, 0.1) is 0 Å². The fraction of sp³-hybridized carbons (Fsp3) is 0.581. The molecule has 1 aliphatic rings. The summed E-state index contributed by atoms with van der Waals surface area (Å²) in [6, 6.07) is 18.5. The Morgan fingerprint density at radius 1 is 0.583 bits per heavy atom. The lowest BCUT2D eigenvalue weighted by atomic mass is 10.0. The maximum absolute atomic E-state index is 4.98. The van der Waals surface area contributed by atoms with Crippen molar-refractivity contribution in [2.24, 2.45) is 0 Å². The van der Waals surface area contributed by atoms with E-state index in [-0.39, 0.29) is 8.55 Å².